The van der Waals surface area contributed by atoms with Crippen molar-refractivity contribution >= 4 is 23.4 Å². The van der Waals surface area contributed by atoms with Crippen LogP contribution in [0.5, 0.6) is 0 Å². The molecule has 0 aliphatic rings. The number of aromatic nitrogens is 2. The maximum Gasteiger partial charge on any atom is 0.320 e. The van der Waals surface area contributed by atoms with Gasteiger partial charge in [-0.3, -0.25) is 15.1 Å². The summed E-state index contributed by atoms with van der Waals surface area (Å²) in [6, 6.07) is 12.5. The van der Waals surface area contributed by atoms with Gasteiger partial charge in [0.25, 0.3) is 5.91 Å². The molecule has 0 spiro atoms. The first-order valence-corrected chi connectivity index (χ1v) is 8.90. The van der Waals surface area contributed by atoms with E-state index in [1.807, 2.05) is 44.2 Å². The van der Waals surface area contributed by atoms with Gasteiger partial charge >= 0.3 is 6.03 Å². The van der Waals surface area contributed by atoms with Crippen molar-refractivity contribution in [3.63, 3.8) is 0 Å². The van der Waals surface area contributed by atoms with E-state index in [0.717, 1.165) is 11.1 Å². The highest BCUT2D eigenvalue weighted by Crippen LogP contribution is 2.26. The zero-order chi connectivity index (χ0) is 19.9. The SMILES string of the molecule is CCNC(=O)Nc1cc(-c2cccnc2)c(C(=O)Nc2cccc(C)c2)cn1. The van der Waals surface area contributed by atoms with Gasteiger partial charge < -0.3 is 10.6 Å². The highest BCUT2D eigenvalue weighted by Gasteiger charge is 2.16. The van der Waals surface area contributed by atoms with Crippen LogP contribution in [0.4, 0.5) is 16.3 Å². The van der Waals surface area contributed by atoms with Crippen molar-refractivity contribution in [1.82, 2.24) is 15.3 Å². The fourth-order valence-corrected chi connectivity index (χ4v) is 2.71. The Bertz CT molecular complexity index is 989. The van der Waals surface area contributed by atoms with E-state index in [2.05, 4.69) is 25.9 Å². The minimum Gasteiger partial charge on any atom is -0.338 e. The van der Waals surface area contributed by atoms with Crippen molar-refractivity contribution in [2.75, 3.05) is 17.2 Å². The van der Waals surface area contributed by atoms with Crippen LogP contribution < -0.4 is 16.0 Å². The molecule has 0 aliphatic carbocycles. The van der Waals surface area contributed by atoms with Crippen LogP contribution >= 0.6 is 0 Å². The largest absolute Gasteiger partial charge is 0.338 e. The van der Waals surface area contributed by atoms with Crippen molar-refractivity contribution in [3.8, 4) is 11.1 Å². The Hall–Kier alpha value is -3.74. The zero-order valence-corrected chi connectivity index (χ0v) is 15.7. The van der Waals surface area contributed by atoms with E-state index in [-0.39, 0.29) is 11.9 Å². The maximum atomic E-state index is 12.9. The first kappa shape index (κ1) is 19.0. The van der Waals surface area contributed by atoms with E-state index in [1.165, 1.54) is 6.20 Å². The van der Waals surface area contributed by atoms with Crippen LogP contribution in [0, 0.1) is 6.92 Å². The molecule has 1 aromatic carbocycles. The molecule has 0 radical (unpaired) electrons. The molecular weight excluding hydrogens is 354 g/mol. The van der Waals surface area contributed by atoms with Gasteiger partial charge in [-0.15, -0.1) is 0 Å². The van der Waals surface area contributed by atoms with Gasteiger partial charge in [0.1, 0.15) is 5.82 Å². The van der Waals surface area contributed by atoms with Crippen molar-refractivity contribution < 1.29 is 9.59 Å². The minimum absolute atomic E-state index is 0.290. The number of benzene rings is 1. The van der Waals surface area contributed by atoms with Gasteiger partial charge in [-0.05, 0) is 43.7 Å². The van der Waals surface area contributed by atoms with Crippen molar-refractivity contribution in [3.05, 3.63) is 72.2 Å². The van der Waals surface area contributed by atoms with Gasteiger partial charge in [-0.25, -0.2) is 9.78 Å². The van der Waals surface area contributed by atoms with Gasteiger partial charge in [0.2, 0.25) is 0 Å². The van der Waals surface area contributed by atoms with Gasteiger partial charge in [0.15, 0.2) is 0 Å². The average molecular weight is 375 g/mol. The highest BCUT2D eigenvalue weighted by molar-refractivity contribution is 6.09. The summed E-state index contributed by atoms with van der Waals surface area (Å²) in [7, 11) is 0. The van der Waals surface area contributed by atoms with E-state index in [0.29, 0.717) is 29.2 Å². The fourth-order valence-electron chi connectivity index (χ4n) is 2.71. The summed E-state index contributed by atoms with van der Waals surface area (Å²) in [5.74, 6) is 0.0541. The van der Waals surface area contributed by atoms with Gasteiger partial charge in [0.05, 0.1) is 5.56 Å². The van der Waals surface area contributed by atoms with E-state index in [9.17, 15) is 9.59 Å². The number of rotatable bonds is 5. The maximum absolute atomic E-state index is 12.9. The predicted octanol–water partition coefficient (Wildman–Crippen LogP) is 3.85. The number of pyridine rings is 2. The van der Waals surface area contributed by atoms with Gasteiger partial charge in [-0.2, -0.15) is 0 Å². The monoisotopic (exact) mass is 375 g/mol. The molecule has 0 unspecified atom stereocenters. The molecule has 0 saturated heterocycles. The molecule has 3 N–H and O–H groups in total. The lowest BCUT2D eigenvalue weighted by Crippen LogP contribution is -2.28. The molecule has 7 nitrogen and oxygen atoms in total. The van der Waals surface area contributed by atoms with Crippen LogP contribution in [0.15, 0.2) is 61.1 Å². The minimum atomic E-state index is -0.357. The molecule has 28 heavy (non-hydrogen) atoms. The van der Waals surface area contributed by atoms with Gasteiger partial charge in [0, 0.05) is 41.9 Å². The molecule has 0 aliphatic heterocycles. The number of amides is 3. The molecule has 7 heteroatoms. The molecule has 0 saturated carbocycles. The molecule has 2 aromatic heterocycles. The van der Waals surface area contributed by atoms with Crippen LogP contribution in [0.25, 0.3) is 11.1 Å². The van der Waals surface area contributed by atoms with Crippen molar-refractivity contribution in [1.29, 1.82) is 0 Å². The zero-order valence-electron chi connectivity index (χ0n) is 15.7. The Morgan fingerprint density at radius 2 is 1.89 bits per heavy atom. The van der Waals surface area contributed by atoms with Crippen molar-refractivity contribution in [2.45, 2.75) is 13.8 Å². The third-order valence-electron chi connectivity index (χ3n) is 3.98. The second-order valence-corrected chi connectivity index (χ2v) is 6.16. The number of anilines is 2. The van der Waals surface area contributed by atoms with Crippen LogP contribution in [-0.4, -0.2) is 28.5 Å². The molecule has 3 amide bonds. The smallest absolute Gasteiger partial charge is 0.320 e. The molecule has 3 rings (SSSR count). The molecule has 0 fully saturated rings. The third kappa shape index (κ3) is 4.70. The number of carbonyl (C=O) groups is 2. The number of nitrogens with zero attached hydrogens (tertiary/aromatic N) is 2. The second-order valence-electron chi connectivity index (χ2n) is 6.16. The van der Waals surface area contributed by atoms with Crippen LogP contribution in [0.1, 0.15) is 22.8 Å². The number of urea groups is 1. The summed E-state index contributed by atoms with van der Waals surface area (Å²) in [5.41, 5.74) is 3.51. The lowest BCUT2D eigenvalue weighted by atomic mass is 10.0. The summed E-state index contributed by atoms with van der Waals surface area (Å²) in [6.07, 6.45) is 4.77. The highest BCUT2D eigenvalue weighted by atomic mass is 16.2. The van der Waals surface area contributed by atoms with E-state index < -0.39 is 0 Å². The van der Waals surface area contributed by atoms with Crippen LogP contribution in [0.3, 0.4) is 0 Å². The lowest BCUT2D eigenvalue weighted by Gasteiger charge is -2.13. The van der Waals surface area contributed by atoms with E-state index in [4.69, 9.17) is 0 Å². The van der Waals surface area contributed by atoms with Gasteiger partial charge in [-0.1, -0.05) is 18.2 Å². The summed E-state index contributed by atoms with van der Waals surface area (Å²) < 4.78 is 0. The Morgan fingerprint density at radius 3 is 2.61 bits per heavy atom. The molecule has 0 atom stereocenters. The topological polar surface area (TPSA) is 96.0 Å². The second kappa shape index (κ2) is 8.77. The predicted molar refractivity (Wildman–Crippen MR) is 109 cm³/mol. The average Bonchev–Trinajstić information content (AvgIpc) is 2.69. The summed E-state index contributed by atoms with van der Waals surface area (Å²) >= 11 is 0. The van der Waals surface area contributed by atoms with Crippen LogP contribution in [0.2, 0.25) is 0 Å². The molecule has 142 valence electrons. The van der Waals surface area contributed by atoms with Crippen molar-refractivity contribution in [2.24, 2.45) is 0 Å². The Balaban J connectivity index is 1.95. The quantitative estimate of drug-likeness (QED) is 0.631. The Kier molecular flexibility index (Phi) is 5.96. The summed E-state index contributed by atoms with van der Waals surface area (Å²) in [4.78, 5) is 33.0. The lowest BCUT2D eigenvalue weighted by molar-refractivity contribution is 0.102. The number of hydrogen-bond donors (Lipinski definition) is 3. The van der Waals surface area contributed by atoms with E-state index in [1.54, 1.807) is 24.5 Å². The number of carbonyl (C=O) groups excluding carboxylic acids is 2. The molecule has 2 heterocycles. The normalized spacial score (nSPS) is 10.2. The summed E-state index contributed by atoms with van der Waals surface area (Å²) in [5, 5.41) is 8.20. The third-order valence-corrected chi connectivity index (χ3v) is 3.98. The van der Waals surface area contributed by atoms with E-state index >= 15 is 0 Å². The molecule has 3 aromatic rings. The number of aryl methyl sites for hydroxylation is 1. The molecule has 0 bridgehead atoms. The number of hydrogen-bond acceptors (Lipinski definition) is 4. The fraction of sp³-hybridized carbons (Fsp3) is 0.143. The Morgan fingerprint density at radius 1 is 1.04 bits per heavy atom. The Labute approximate surface area is 163 Å². The van der Waals surface area contributed by atoms with Crippen LogP contribution in [-0.2, 0) is 0 Å². The number of nitrogens with one attached hydrogen (secondary N) is 3. The summed E-state index contributed by atoms with van der Waals surface area (Å²) in [6.45, 7) is 4.28. The molecular formula is C21H21N5O2. The first-order valence-electron chi connectivity index (χ1n) is 8.90. The standard InChI is InChI=1S/C21H21N5O2/c1-3-23-21(28)26-19-11-17(15-7-5-9-22-12-15)18(13-24-19)20(27)25-16-8-4-6-14(2)10-16/h4-13H,3H2,1-2H3,(H,25,27)(H2,23,24,26,28). The first-order chi connectivity index (χ1) is 13.6.